The summed E-state index contributed by atoms with van der Waals surface area (Å²) in [5.74, 6) is 0.234. The fraction of sp³-hybridized carbons (Fsp3) is 0.538. The summed E-state index contributed by atoms with van der Waals surface area (Å²) in [6, 6.07) is 4.29. The van der Waals surface area contributed by atoms with Crippen molar-refractivity contribution in [3.05, 3.63) is 29.6 Å². The van der Waals surface area contributed by atoms with Crippen LogP contribution in [-0.4, -0.2) is 23.9 Å². The molecule has 2 heterocycles. The number of benzene rings is 1. The molecule has 1 aromatic rings. The zero-order valence-corrected chi connectivity index (χ0v) is 9.49. The molecule has 0 radical (unpaired) electrons. The summed E-state index contributed by atoms with van der Waals surface area (Å²) in [4.78, 5) is 0. The zero-order chi connectivity index (χ0) is 11.9. The van der Waals surface area contributed by atoms with Crippen molar-refractivity contribution in [2.45, 2.75) is 31.0 Å². The Hall–Kier alpha value is -1.13. The van der Waals surface area contributed by atoms with Crippen LogP contribution in [0.3, 0.4) is 0 Å². The molecule has 0 bridgehead atoms. The van der Waals surface area contributed by atoms with Gasteiger partial charge in [-0.3, -0.25) is 0 Å². The lowest BCUT2D eigenvalue weighted by Crippen LogP contribution is -2.47. The van der Waals surface area contributed by atoms with E-state index in [-0.39, 0.29) is 5.82 Å². The topological polar surface area (TPSA) is 38.7 Å². The van der Waals surface area contributed by atoms with Crippen molar-refractivity contribution in [2.24, 2.45) is 0 Å². The highest BCUT2D eigenvalue weighted by molar-refractivity contribution is 5.38. The average molecular weight is 238 g/mol. The van der Waals surface area contributed by atoms with Gasteiger partial charge in [-0.2, -0.15) is 0 Å². The van der Waals surface area contributed by atoms with Gasteiger partial charge in [0.25, 0.3) is 0 Å². The Morgan fingerprint density at radius 1 is 1.41 bits per heavy atom. The molecule has 3 rings (SSSR count). The molecule has 3 nitrogen and oxygen atoms in total. The fourth-order valence-corrected chi connectivity index (χ4v) is 2.68. The SMILES string of the molecule is OC1CC2(CCCOC2)Oc2ccc(F)cc21. The van der Waals surface area contributed by atoms with Gasteiger partial charge < -0.3 is 14.6 Å². The Bertz CT molecular complexity index is 427. The number of hydrogen-bond donors (Lipinski definition) is 1. The van der Waals surface area contributed by atoms with Crippen LogP contribution in [0.25, 0.3) is 0 Å². The van der Waals surface area contributed by atoms with Crippen molar-refractivity contribution < 1.29 is 19.0 Å². The van der Waals surface area contributed by atoms with Gasteiger partial charge in [0, 0.05) is 18.6 Å². The molecular weight excluding hydrogens is 223 g/mol. The van der Waals surface area contributed by atoms with E-state index in [1.54, 1.807) is 6.07 Å². The monoisotopic (exact) mass is 238 g/mol. The van der Waals surface area contributed by atoms with Gasteiger partial charge in [0.1, 0.15) is 17.2 Å². The number of fused-ring (bicyclic) bond motifs is 1. The van der Waals surface area contributed by atoms with Gasteiger partial charge in [0.15, 0.2) is 0 Å². The predicted octanol–water partition coefficient (Wildman–Crippen LogP) is 2.19. The Balaban J connectivity index is 1.94. The first kappa shape index (κ1) is 11.0. The Labute approximate surface area is 99.2 Å². The first-order valence-corrected chi connectivity index (χ1v) is 5.93. The van der Waals surface area contributed by atoms with Crippen molar-refractivity contribution in [3.8, 4) is 5.75 Å². The van der Waals surface area contributed by atoms with E-state index >= 15 is 0 Å². The standard InChI is InChI=1S/C13H15FO3/c14-9-2-3-12-10(6-9)11(15)7-13(17-12)4-1-5-16-8-13/h2-3,6,11,15H,1,4-5,7-8H2. The maximum absolute atomic E-state index is 13.1. The predicted molar refractivity (Wildman–Crippen MR) is 59.4 cm³/mol. The van der Waals surface area contributed by atoms with Gasteiger partial charge in [-0.15, -0.1) is 0 Å². The molecule has 2 aliphatic heterocycles. The van der Waals surface area contributed by atoms with Crippen molar-refractivity contribution in [3.63, 3.8) is 0 Å². The Kier molecular flexibility index (Phi) is 2.56. The molecule has 2 unspecified atom stereocenters. The van der Waals surface area contributed by atoms with Gasteiger partial charge in [0.05, 0.1) is 12.7 Å². The largest absolute Gasteiger partial charge is 0.484 e. The van der Waals surface area contributed by atoms with E-state index in [0.717, 1.165) is 19.4 Å². The highest BCUT2D eigenvalue weighted by Gasteiger charge is 2.42. The first-order chi connectivity index (χ1) is 8.19. The Morgan fingerprint density at radius 3 is 3.06 bits per heavy atom. The molecule has 0 aliphatic carbocycles. The zero-order valence-electron chi connectivity index (χ0n) is 9.49. The molecule has 92 valence electrons. The minimum Gasteiger partial charge on any atom is -0.484 e. The fourth-order valence-electron chi connectivity index (χ4n) is 2.68. The van der Waals surface area contributed by atoms with Gasteiger partial charge >= 0.3 is 0 Å². The van der Waals surface area contributed by atoms with Crippen molar-refractivity contribution in [1.29, 1.82) is 0 Å². The van der Waals surface area contributed by atoms with Crippen LogP contribution in [-0.2, 0) is 4.74 Å². The number of aliphatic hydroxyl groups excluding tert-OH is 1. The molecule has 2 aliphatic rings. The van der Waals surface area contributed by atoms with Crippen LogP contribution in [0.5, 0.6) is 5.75 Å². The van der Waals surface area contributed by atoms with E-state index in [1.807, 2.05) is 0 Å². The van der Waals surface area contributed by atoms with E-state index in [0.29, 0.717) is 24.3 Å². The van der Waals surface area contributed by atoms with Gasteiger partial charge in [-0.05, 0) is 31.0 Å². The highest BCUT2D eigenvalue weighted by Crippen LogP contribution is 2.43. The van der Waals surface area contributed by atoms with E-state index in [1.165, 1.54) is 12.1 Å². The van der Waals surface area contributed by atoms with Crippen LogP contribution >= 0.6 is 0 Å². The third-order valence-electron chi connectivity index (χ3n) is 3.51. The minimum atomic E-state index is -0.670. The molecule has 0 amide bonds. The molecule has 1 saturated heterocycles. The molecular formula is C13H15FO3. The van der Waals surface area contributed by atoms with Crippen LogP contribution in [0.4, 0.5) is 4.39 Å². The van der Waals surface area contributed by atoms with Crippen molar-refractivity contribution in [1.82, 2.24) is 0 Å². The lowest BCUT2D eigenvalue weighted by molar-refractivity contribution is -0.103. The van der Waals surface area contributed by atoms with E-state index in [4.69, 9.17) is 9.47 Å². The van der Waals surface area contributed by atoms with E-state index in [2.05, 4.69) is 0 Å². The highest BCUT2D eigenvalue weighted by atomic mass is 19.1. The lowest BCUT2D eigenvalue weighted by Gasteiger charge is -2.42. The molecule has 1 spiro atoms. The van der Waals surface area contributed by atoms with Crippen LogP contribution in [0.15, 0.2) is 18.2 Å². The molecule has 1 N–H and O–H groups in total. The summed E-state index contributed by atoms with van der Waals surface area (Å²) in [7, 11) is 0. The summed E-state index contributed by atoms with van der Waals surface area (Å²) >= 11 is 0. The number of halogens is 1. The first-order valence-electron chi connectivity index (χ1n) is 5.93. The summed E-state index contributed by atoms with van der Waals surface area (Å²) < 4.78 is 24.5. The maximum Gasteiger partial charge on any atom is 0.135 e. The third kappa shape index (κ3) is 1.91. The van der Waals surface area contributed by atoms with Gasteiger partial charge in [-0.1, -0.05) is 0 Å². The van der Waals surface area contributed by atoms with Gasteiger partial charge in [-0.25, -0.2) is 4.39 Å². The normalized spacial score (nSPS) is 32.0. The van der Waals surface area contributed by atoms with Crippen LogP contribution in [0.1, 0.15) is 30.9 Å². The summed E-state index contributed by atoms with van der Waals surface area (Å²) in [5, 5.41) is 10.1. The molecule has 2 atom stereocenters. The van der Waals surface area contributed by atoms with Gasteiger partial charge in [0.2, 0.25) is 0 Å². The molecule has 0 aromatic heterocycles. The molecule has 1 fully saturated rings. The number of ether oxygens (including phenoxy) is 2. The van der Waals surface area contributed by atoms with E-state index in [9.17, 15) is 9.50 Å². The Morgan fingerprint density at radius 2 is 2.29 bits per heavy atom. The number of hydrogen-bond acceptors (Lipinski definition) is 3. The molecule has 4 heteroatoms. The number of aliphatic hydroxyl groups is 1. The summed E-state index contributed by atoms with van der Waals surface area (Å²) in [5.41, 5.74) is 0.115. The second-order valence-corrected chi connectivity index (χ2v) is 4.84. The lowest BCUT2D eigenvalue weighted by atomic mass is 9.85. The van der Waals surface area contributed by atoms with E-state index < -0.39 is 11.7 Å². The summed E-state index contributed by atoms with van der Waals surface area (Å²) in [6.07, 6.45) is 1.62. The minimum absolute atomic E-state index is 0.345. The maximum atomic E-state index is 13.1. The number of rotatable bonds is 0. The smallest absolute Gasteiger partial charge is 0.135 e. The second-order valence-electron chi connectivity index (χ2n) is 4.84. The second kappa shape index (κ2) is 3.96. The van der Waals surface area contributed by atoms with Crippen LogP contribution in [0.2, 0.25) is 0 Å². The van der Waals surface area contributed by atoms with Crippen LogP contribution < -0.4 is 4.74 Å². The molecule has 17 heavy (non-hydrogen) atoms. The molecule has 1 aromatic carbocycles. The van der Waals surface area contributed by atoms with Crippen molar-refractivity contribution in [2.75, 3.05) is 13.2 Å². The summed E-state index contributed by atoms with van der Waals surface area (Å²) in [6.45, 7) is 1.25. The quantitative estimate of drug-likeness (QED) is 0.753. The average Bonchev–Trinajstić information content (AvgIpc) is 2.31. The molecule has 0 saturated carbocycles. The third-order valence-corrected chi connectivity index (χ3v) is 3.51. The van der Waals surface area contributed by atoms with Crippen LogP contribution in [0, 0.1) is 5.82 Å². The van der Waals surface area contributed by atoms with Crippen molar-refractivity contribution >= 4 is 0 Å².